The minimum atomic E-state index is -1.31. The maximum atomic E-state index is 10.1. The van der Waals surface area contributed by atoms with Gasteiger partial charge >= 0.3 is 5.97 Å². The summed E-state index contributed by atoms with van der Waals surface area (Å²) in [5, 5.41) is 16.4. The summed E-state index contributed by atoms with van der Waals surface area (Å²) in [6.45, 7) is 2.15. The summed E-state index contributed by atoms with van der Waals surface area (Å²) in [5.74, 6) is -1.23. The van der Waals surface area contributed by atoms with E-state index < -0.39 is 12.1 Å². The first-order valence-electron chi connectivity index (χ1n) is 2.96. The molecule has 10 heavy (non-hydrogen) atoms. The second-order valence-electron chi connectivity index (χ2n) is 1.72. The van der Waals surface area contributed by atoms with E-state index in [0.717, 1.165) is 0 Å². The molecule has 0 aliphatic carbocycles. The van der Waals surface area contributed by atoms with E-state index in [4.69, 9.17) is 10.4 Å². The van der Waals surface area contributed by atoms with Crippen molar-refractivity contribution in [2.45, 2.75) is 19.4 Å². The molecule has 0 aliphatic heterocycles. The predicted molar refractivity (Wildman–Crippen MR) is 33.3 cm³/mol. The fourth-order valence-corrected chi connectivity index (χ4v) is 0.399. The molecule has 0 saturated carbocycles. The third kappa shape index (κ3) is 3.05. The third-order valence-corrected chi connectivity index (χ3v) is 0.830. The van der Waals surface area contributed by atoms with Crippen LogP contribution in [0.3, 0.4) is 0 Å². The molecular weight excluding hydrogens is 134 g/mol. The molecule has 1 atom stereocenters. The molecule has 0 amide bonds. The Morgan fingerprint density at radius 2 is 2.50 bits per heavy atom. The minimum Gasteiger partial charge on any atom is -0.479 e. The highest BCUT2D eigenvalue weighted by molar-refractivity contribution is 5.75. The monoisotopic (exact) mass is 143 g/mol. The minimum absolute atomic E-state index is 0.310. The van der Waals surface area contributed by atoms with Gasteiger partial charge in [-0.15, -0.1) is 0 Å². The fourth-order valence-electron chi connectivity index (χ4n) is 0.399. The molecule has 1 unspecified atom stereocenters. The van der Waals surface area contributed by atoms with Crippen molar-refractivity contribution in [1.82, 2.24) is 0 Å². The highest BCUT2D eigenvalue weighted by Crippen LogP contribution is 1.91. The number of aliphatic carboxylic acids is 1. The standard InChI is InChI=1S/C6H9NO3/c1-2-3-10-5(4-7)6(8)9/h5H,2-3H2,1H3,(H,8,9). The molecule has 1 N–H and O–H groups in total. The highest BCUT2D eigenvalue weighted by atomic mass is 16.5. The van der Waals surface area contributed by atoms with Gasteiger partial charge in [0.2, 0.25) is 6.10 Å². The largest absolute Gasteiger partial charge is 0.479 e. The second-order valence-corrected chi connectivity index (χ2v) is 1.72. The van der Waals surface area contributed by atoms with Gasteiger partial charge in [0.15, 0.2) is 0 Å². The summed E-state index contributed by atoms with van der Waals surface area (Å²) in [7, 11) is 0. The van der Waals surface area contributed by atoms with E-state index in [-0.39, 0.29) is 0 Å². The predicted octanol–water partition coefficient (Wildman–Crippen LogP) is 0.390. The Kier molecular flexibility index (Phi) is 4.25. The Morgan fingerprint density at radius 1 is 1.90 bits per heavy atom. The first-order chi connectivity index (χ1) is 4.72. The number of ether oxygens (including phenoxy) is 1. The molecule has 0 rings (SSSR count). The summed E-state index contributed by atoms with van der Waals surface area (Å²) in [6.07, 6.45) is -0.592. The third-order valence-electron chi connectivity index (χ3n) is 0.830. The number of carbonyl (C=O) groups is 1. The molecular formula is C6H9NO3. The summed E-state index contributed by atoms with van der Waals surface area (Å²) >= 11 is 0. The summed E-state index contributed by atoms with van der Waals surface area (Å²) in [6, 6.07) is 1.51. The zero-order valence-electron chi connectivity index (χ0n) is 5.70. The highest BCUT2D eigenvalue weighted by Gasteiger charge is 2.15. The zero-order valence-corrected chi connectivity index (χ0v) is 5.70. The van der Waals surface area contributed by atoms with E-state index in [1.54, 1.807) is 0 Å². The number of carboxylic acids is 1. The number of rotatable bonds is 4. The summed E-state index contributed by atoms with van der Waals surface area (Å²) in [4.78, 5) is 10.1. The van der Waals surface area contributed by atoms with Crippen LogP contribution in [0.15, 0.2) is 0 Å². The van der Waals surface area contributed by atoms with Crippen LogP contribution in [-0.4, -0.2) is 23.8 Å². The van der Waals surface area contributed by atoms with Gasteiger partial charge in [0.1, 0.15) is 6.07 Å². The maximum Gasteiger partial charge on any atom is 0.347 e. The van der Waals surface area contributed by atoms with Crippen LogP contribution >= 0.6 is 0 Å². The molecule has 4 nitrogen and oxygen atoms in total. The van der Waals surface area contributed by atoms with Crippen LogP contribution in [0.25, 0.3) is 0 Å². The summed E-state index contributed by atoms with van der Waals surface area (Å²) < 4.78 is 4.64. The van der Waals surface area contributed by atoms with E-state index >= 15 is 0 Å². The van der Waals surface area contributed by atoms with Crippen molar-refractivity contribution in [1.29, 1.82) is 5.26 Å². The van der Waals surface area contributed by atoms with Gasteiger partial charge in [-0.1, -0.05) is 6.92 Å². The molecule has 0 aliphatic rings. The van der Waals surface area contributed by atoms with E-state index in [9.17, 15) is 4.79 Å². The van der Waals surface area contributed by atoms with Crippen LogP contribution in [-0.2, 0) is 9.53 Å². The second kappa shape index (κ2) is 4.77. The first kappa shape index (κ1) is 8.92. The molecule has 4 heteroatoms. The van der Waals surface area contributed by atoms with Crippen molar-refractivity contribution < 1.29 is 14.6 Å². The Hall–Kier alpha value is -1.08. The quantitative estimate of drug-likeness (QED) is 0.618. The van der Waals surface area contributed by atoms with Gasteiger partial charge in [-0.05, 0) is 6.42 Å². The van der Waals surface area contributed by atoms with Crippen LogP contribution in [0.4, 0.5) is 0 Å². The average molecular weight is 143 g/mol. The van der Waals surface area contributed by atoms with Crippen molar-refractivity contribution in [2.24, 2.45) is 0 Å². The Labute approximate surface area is 59.0 Å². The van der Waals surface area contributed by atoms with Gasteiger partial charge in [0, 0.05) is 6.61 Å². The SMILES string of the molecule is CCCOC(C#N)C(=O)O. The van der Waals surface area contributed by atoms with Crippen LogP contribution in [0.2, 0.25) is 0 Å². The van der Waals surface area contributed by atoms with E-state index in [2.05, 4.69) is 4.74 Å². The average Bonchev–Trinajstić information content (AvgIpc) is 1.89. The zero-order chi connectivity index (χ0) is 7.98. The van der Waals surface area contributed by atoms with Gasteiger partial charge in [0.25, 0.3) is 0 Å². The van der Waals surface area contributed by atoms with Crippen molar-refractivity contribution in [3.05, 3.63) is 0 Å². The maximum absolute atomic E-state index is 10.1. The molecule has 0 aromatic rings. The van der Waals surface area contributed by atoms with Crippen molar-refractivity contribution >= 4 is 5.97 Å². The number of hydrogen-bond donors (Lipinski definition) is 1. The van der Waals surface area contributed by atoms with Crippen LogP contribution in [0, 0.1) is 11.3 Å². The number of hydrogen-bond acceptors (Lipinski definition) is 3. The lowest BCUT2D eigenvalue weighted by molar-refractivity contribution is -0.146. The molecule has 0 aromatic heterocycles. The van der Waals surface area contributed by atoms with Gasteiger partial charge in [-0.25, -0.2) is 4.79 Å². The van der Waals surface area contributed by atoms with Gasteiger partial charge in [-0.3, -0.25) is 0 Å². The van der Waals surface area contributed by atoms with Gasteiger partial charge in [-0.2, -0.15) is 5.26 Å². The van der Waals surface area contributed by atoms with Crippen molar-refractivity contribution in [3.8, 4) is 6.07 Å². The lowest BCUT2D eigenvalue weighted by Crippen LogP contribution is -2.21. The molecule has 56 valence electrons. The normalized spacial score (nSPS) is 12.0. The van der Waals surface area contributed by atoms with Gasteiger partial charge in [0.05, 0.1) is 0 Å². The van der Waals surface area contributed by atoms with Crippen molar-refractivity contribution in [2.75, 3.05) is 6.61 Å². The molecule has 0 spiro atoms. The first-order valence-corrected chi connectivity index (χ1v) is 2.96. The molecule has 0 radical (unpaired) electrons. The smallest absolute Gasteiger partial charge is 0.347 e. The van der Waals surface area contributed by atoms with E-state index in [1.807, 2.05) is 6.92 Å². The Bertz CT molecular complexity index is 150. The molecule has 0 aromatic carbocycles. The number of nitriles is 1. The van der Waals surface area contributed by atoms with E-state index in [1.165, 1.54) is 6.07 Å². The van der Waals surface area contributed by atoms with Crippen molar-refractivity contribution in [3.63, 3.8) is 0 Å². The van der Waals surface area contributed by atoms with Crippen LogP contribution in [0.1, 0.15) is 13.3 Å². The number of nitrogens with zero attached hydrogens (tertiary/aromatic N) is 1. The Balaban J connectivity index is 3.64. The number of carboxylic acid groups (broad SMARTS) is 1. The van der Waals surface area contributed by atoms with Crippen LogP contribution < -0.4 is 0 Å². The Morgan fingerprint density at radius 3 is 2.80 bits per heavy atom. The molecule has 0 bridgehead atoms. The lowest BCUT2D eigenvalue weighted by Gasteiger charge is -2.02. The van der Waals surface area contributed by atoms with Crippen LogP contribution in [0.5, 0.6) is 0 Å². The van der Waals surface area contributed by atoms with Gasteiger partial charge < -0.3 is 9.84 Å². The summed E-state index contributed by atoms with van der Waals surface area (Å²) in [5.41, 5.74) is 0. The lowest BCUT2D eigenvalue weighted by atomic mass is 10.4. The molecule has 0 saturated heterocycles. The van der Waals surface area contributed by atoms with E-state index in [0.29, 0.717) is 13.0 Å². The molecule has 0 heterocycles. The topological polar surface area (TPSA) is 70.3 Å². The fraction of sp³-hybridized carbons (Fsp3) is 0.667. The molecule has 0 fully saturated rings.